The van der Waals surface area contributed by atoms with Gasteiger partial charge in [0, 0.05) is 0 Å². The van der Waals surface area contributed by atoms with E-state index in [0.717, 1.165) is 4.57 Å². The molecule has 0 atom stereocenters. The van der Waals surface area contributed by atoms with Gasteiger partial charge in [-0.2, -0.15) is 26.0 Å². The van der Waals surface area contributed by atoms with Crippen LogP contribution in [0.15, 0.2) is 0 Å². The van der Waals surface area contributed by atoms with Crippen molar-refractivity contribution in [2.75, 3.05) is 5.73 Å². The molecular weight excluding hydrogens is 246 g/mol. The Hall–Kier alpha value is -3.82. The molecule has 2 aromatic rings. The average molecular weight is 249 g/mol. The summed E-state index contributed by atoms with van der Waals surface area (Å²) in [5.74, 6) is -0.160. The van der Waals surface area contributed by atoms with Gasteiger partial charge in [-0.1, -0.05) is 0 Å². The molecule has 2 rings (SSSR count). The van der Waals surface area contributed by atoms with Crippen LogP contribution in [-0.2, 0) is 0 Å². The maximum Gasteiger partial charge on any atom is 0.217 e. The van der Waals surface area contributed by atoms with E-state index in [4.69, 9.17) is 26.8 Å². The van der Waals surface area contributed by atoms with Gasteiger partial charge in [-0.05, 0) is 0 Å². The Kier molecular flexibility index (Phi) is 2.59. The molecule has 0 amide bonds. The molecular formula is C10H3N9. The summed E-state index contributed by atoms with van der Waals surface area (Å²) in [5, 5.41) is 35.4. The summed E-state index contributed by atoms with van der Waals surface area (Å²) in [6.45, 7) is 0. The summed E-state index contributed by atoms with van der Waals surface area (Å²) in [6, 6.07) is 6.97. The summed E-state index contributed by atoms with van der Waals surface area (Å²) in [7, 11) is 0. The third kappa shape index (κ3) is 1.61. The van der Waals surface area contributed by atoms with Gasteiger partial charge in [0.05, 0.1) is 0 Å². The number of aromatic amines is 1. The minimum atomic E-state index is -0.159. The second-order valence-electron chi connectivity index (χ2n) is 3.23. The van der Waals surface area contributed by atoms with E-state index < -0.39 is 0 Å². The monoisotopic (exact) mass is 249 g/mol. The van der Waals surface area contributed by atoms with Crippen molar-refractivity contribution in [1.29, 1.82) is 21.0 Å². The minimum absolute atomic E-state index is 0.0175. The van der Waals surface area contributed by atoms with Crippen molar-refractivity contribution in [3.05, 3.63) is 22.8 Å². The molecule has 19 heavy (non-hydrogen) atoms. The van der Waals surface area contributed by atoms with Crippen molar-refractivity contribution in [3.8, 4) is 30.2 Å². The molecule has 0 aliphatic rings. The van der Waals surface area contributed by atoms with Gasteiger partial charge in [-0.25, -0.2) is 9.55 Å². The number of H-pyrrole nitrogens is 1. The van der Waals surface area contributed by atoms with Gasteiger partial charge in [0.25, 0.3) is 0 Å². The Labute approximate surface area is 106 Å². The number of nitrogens with two attached hydrogens (primary N) is 1. The number of aromatic nitrogens is 4. The van der Waals surface area contributed by atoms with Gasteiger partial charge >= 0.3 is 0 Å². The van der Waals surface area contributed by atoms with Crippen molar-refractivity contribution in [2.24, 2.45) is 0 Å². The quantitative estimate of drug-likeness (QED) is 0.696. The third-order valence-electron chi connectivity index (χ3n) is 2.24. The number of imidazole rings is 2. The molecule has 3 N–H and O–H groups in total. The molecule has 0 radical (unpaired) electrons. The van der Waals surface area contributed by atoms with E-state index >= 15 is 0 Å². The zero-order valence-electron chi connectivity index (χ0n) is 9.21. The fourth-order valence-electron chi connectivity index (χ4n) is 1.46. The van der Waals surface area contributed by atoms with Crippen molar-refractivity contribution in [1.82, 2.24) is 19.5 Å². The van der Waals surface area contributed by atoms with Crippen LogP contribution in [0.3, 0.4) is 0 Å². The van der Waals surface area contributed by atoms with Crippen LogP contribution in [-0.4, -0.2) is 19.5 Å². The lowest BCUT2D eigenvalue weighted by molar-refractivity contribution is 0.954. The highest BCUT2D eigenvalue weighted by Gasteiger charge is 2.20. The maximum absolute atomic E-state index is 9.01. The molecule has 88 valence electrons. The summed E-state index contributed by atoms with van der Waals surface area (Å²) in [6.07, 6.45) is 0. The fourth-order valence-corrected chi connectivity index (χ4v) is 1.46. The molecule has 0 fully saturated rings. The number of rotatable bonds is 1. The van der Waals surface area contributed by atoms with Crippen LogP contribution in [0, 0.1) is 45.3 Å². The predicted octanol–water partition coefficient (Wildman–Crippen LogP) is -0.336. The van der Waals surface area contributed by atoms with Crippen molar-refractivity contribution >= 4 is 5.95 Å². The van der Waals surface area contributed by atoms with Crippen LogP contribution < -0.4 is 5.73 Å². The molecule has 9 heteroatoms. The minimum Gasteiger partial charge on any atom is -0.369 e. The average Bonchev–Trinajstić information content (AvgIpc) is 2.97. The van der Waals surface area contributed by atoms with E-state index in [0.29, 0.717) is 0 Å². The molecule has 0 saturated carbocycles. The summed E-state index contributed by atoms with van der Waals surface area (Å²) in [4.78, 5) is 10.1. The van der Waals surface area contributed by atoms with Gasteiger partial charge < -0.3 is 10.7 Å². The third-order valence-corrected chi connectivity index (χ3v) is 2.24. The SMILES string of the molecule is N#Cc1nc(-n2c(N)nc(C#N)c2C#N)[nH]c1C#N. The van der Waals surface area contributed by atoms with Crippen LogP contribution in [0.1, 0.15) is 22.8 Å². The molecule has 0 aliphatic heterocycles. The van der Waals surface area contributed by atoms with Gasteiger partial charge in [0.2, 0.25) is 11.9 Å². The molecule has 9 nitrogen and oxygen atoms in total. The summed E-state index contributed by atoms with van der Waals surface area (Å²) < 4.78 is 1.07. The lowest BCUT2D eigenvalue weighted by Gasteiger charge is -1.99. The van der Waals surface area contributed by atoms with Gasteiger partial charge in [0.15, 0.2) is 22.8 Å². The Morgan fingerprint density at radius 3 is 2.11 bits per heavy atom. The largest absolute Gasteiger partial charge is 0.369 e. The Bertz CT molecular complexity index is 793. The number of hydrogen-bond donors (Lipinski definition) is 2. The number of nitrogens with one attached hydrogen (secondary N) is 1. The fraction of sp³-hybridized carbons (Fsp3) is 0. The first-order valence-electron chi connectivity index (χ1n) is 4.75. The number of hydrogen-bond acceptors (Lipinski definition) is 7. The lowest BCUT2D eigenvalue weighted by Crippen LogP contribution is -2.05. The zero-order chi connectivity index (χ0) is 14.0. The first-order valence-corrected chi connectivity index (χ1v) is 4.75. The lowest BCUT2D eigenvalue weighted by atomic mass is 10.3. The molecule has 0 aliphatic carbocycles. The first-order chi connectivity index (χ1) is 9.15. The zero-order valence-corrected chi connectivity index (χ0v) is 9.21. The molecule has 0 unspecified atom stereocenters. The van der Waals surface area contributed by atoms with Crippen molar-refractivity contribution < 1.29 is 0 Å². The highest BCUT2D eigenvalue weighted by atomic mass is 15.3. The highest BCUT2D eigenvalue weighted by molar-refractivity contribution is 5.50. The van der Waals surface area contributed by atoms with Crippen LogP contribution in [0.2, 0.25) is 0 Å². The normalized spacial score (nSPS) is 9.05. The van der Waals surface area contributed by atoms with E-state index in [1.54, 1.807) is 24.3 Å². The molecule has 0 bridgehead atoms. The number of anilines is 1. The van der Waals surface area contributed by atoms with E-state index in [-0.39, 0.29) is 34.7 Å². The van der Waals surface area contributed by atoms with Crippen LogP contribution in [0.5, 0.6) is 0 Å². The molecule has 0 saturated heterocycles. The second-order valence-corrected chi connectivity index (χ2v) is 3.23. The number of nitrogens with zero attached hydrogens (tertiary/aromatic N) is 7. The molecule has 0 aromatic carbocycles. The Morgan fingerprint density at radius 2 is 1.63 bits per heavy atom. The highest BCUT2D eigenvalue weighted by Crippen LogP contribution is 2.18. The second kappa shape index (κ2) is 4.21. The van der Waals surface area contributed by atoms with Crippen LogP contribution >= 0.6 is 0 Å². The summed E-state index contributed by atoms with van der Waals surface area (Å²) >= 11 is 0. The topological polar surface area (TPSA) is 168 Å². The van der Waals surface area contributed by atoms with Gasteiger partial charge in [-0.15, -0.1) is 0 Å². The van der Waals surface area contributed by atoms with Crippen molar-refractivity contribution in [3.63, 3.8) is 0 Å². The molecule has 2 heterocycles. The van der Waals surface area contributed by atoms with Crippen molar-refractivity contribution in [2.45, 2.75) is 0 Å². The smallest absolute Gasteiger partial charge is 0.217 e. The van der Waals surface area contributed by atoms with Crippen LogP contribution in [0.25, 0.3) is 5.95 Å². The summed E-state index contributed by atoms with van der Waals surface area (Å²) in [5.41, 5.74) is 5.12. The molecule has 0 spiro atoms. The predicted molar refractivity (Wildman–Crippen MR) is 59.0 cm³/mol. The Morgan fingerprint density at radius 1 is 0.947 bits per heavy atom. The first kappa shape index (κ1) is 11.7. The van der Waals surface area contributed by atoms with E-state index in [2.05, 4.69) is 15.0 Å². The Balaban J connectivity index is 2.75. The van der Waals surface area contributed by atoms with E-state index in [1.807, 2.05) is 0 Å². The van der Waals surface area contributed by atoms with Crippen LogP contribution in [0.4, 0.5) is 5.95 Å². The van der Waals surface area contributed by atoms with E-state index in [9.17, 15) is 0 Å². The van der Waals surface area contributed by atoms with Gasteiger partial charge in [0.1, 0.15) is 24.3 Å². The number of nitriles is 4. The number of nitrogen functional groups attached to an aromatic ring is 1. The molecule has 2 aromatic heterocycles. The van der Waals surface area contributed by atoms with Gasteiger partial charge in [-0.3, -0.25) is 0 Å². The maximum atomic E-state index is 9.01. The standard InChI is InChI=1S/C10H3N9/c11-1-5-6(2-12)18-10(17-5)19-8(4-14)7(3-13)16-9(19)15/h(H2,15,16)(H,17,18). The van der Waals surface area contributed by atoms with E-state index in [1.165, 1.54) is 0 Å².